The molecule has 0 amide bonds. The number of fused-ring (bicyclic) bond motifs is 3. The maximum atomic E-state index is 13.3. The molecule has 6 nitrogen and oxygen atoms in total. The zero-order valence-electron chi connectivity index (χ0n) is 14.4. The number of non-ortho nitro benzene ring substituents is 1. The van der Waals surface area contributed by atoms with Crippen molar-refractivity contribution >= 4 is 27.2 Å². The summed E-state index contributed by atoms with van der Waals surface area (Å²) in [5.41, 5.74) is -0.191. The Morgan fingerprint density at radius 3 is 1.70 bits per heavy atom. The lowest BCUT2D eigenvalue weighted by Gasteiger charge is -2.06. The number of rotatable bonds is 2. The van der Waals surface area contributed by atoms with Crippen LogP contribution < -0.4 is 11.1 Å². The van der Waals surface area contributed by atoms with Crippen molar-refractivity contribution in [3.05, 3.63) is 103 Å². The van der Waals surface area contributed by atoms with E-state index in [2.05, 4.69) is 0 Å². The zero-order valence-corrected chi connectivity index (χ0v) is 14.4. The van der Waals surface area contributed by atoms with Crippen molar-refractivity contribution in [2.75, 3.05) is 0 Å². The summed E-state index contributed by atoms with van der Waals surface area (Å²) >= 11 is 0. The van der Waals surface area contributed by atoms with Crippen molar-refractivity contribution < 1.29 is 4.92 Å². The van der Waals surface area contributed by atoms with Gasteiger partial charge in [0.2, 0.25) is 0 Å². The third kappa shape index (κ3) is 2.58. The summed E-state index contributed by atoms with van der Waals surface area (Å²) < 4.78 is 1.10. The number of nitrogens with zero attached hydrogens (tertiary/aromatic N) is 2. The third-order valence-electron chi connectivity index (χ3n) is 4.64. The average Bonchev–Trinajstić information content (AvgIpc) is 2.77. The number of benzene rings is 3. The molecule has 4 rings (SSSR count). The fraction of sp³-hybridized carbons (Fsp3) is 0.0476. The number of nitro groups is 1. The van der Waals surface area contributed by atoms with E-state index in [-0.39, 0.29) is 5.69 Å². The molecule has 6 heteroatoms. The molecule has 0 saturated heterocycles. The van der Waals surface area contributed by atoms with E-state index < -0.39 is 16.0 Å². The van der Waals surface area contributed by atoms with Crippen LogP contribution in [0.25, 0.3) is 27.2 Å². The highest BCUT2D eigenvalue weighted by molar-refractivity contribution is 6.05. The van der Waals surface area contributed by atoms with Gasteiger partial charge in [0.05, 0.1) is 10.6 Å². The second-order valence-corrected chi connectivity index (χ2v) is 6.26. The largest absolute Gasteiger partial charge is 0.269 e. The van der Waals surface area contributed by atoms with Crippen LogP contribution in [0.2, 0.25) is 0 Å². The Morgan fingerprint density at radius 1 is 0.778 bits per heavy atom. The summed E-state index contributed by atoms with van der Waals surface area (Å²) in [5.74, 6) is 0. The molecule has 0 unspecified atom stereocenters. The van der Waals surface area contributed by atoms with Gasteiger partial charge in [-0.05, 0) is 41.5 Å². The van der Waals surface area contributed by atoms with Gasteiger partial charge in [-0.2, -0.15) is 0 Å². The van der Waals surface area contributed by atoms with Gasteiger partial charge >= 0.3 is 0 Å². The van der Waals surface area contributed by atoms with Crippen molar-refractivity contribution in [3.8, 4) is 5.69 Å². The predicted octanol–water partition coefficient (Wildman–Crippen LogP) is 3.72. The van der Waals surface area contributed by atoms with E-state index in [0.717, 1.165) is 4.57 Å². The molecule has 0 aliphatic heterocycles. The van der Waals surface area contributed by atoms with Gasteiger partial charge in [-0.25, -0.2) is 4.57 Å². The summed E-state index contributed by atoms with van der Waals surface area (Å²) in [7, 11) is 0. The molecule has 27 heavy (non-hydrogen) atoms. The summed E-state index contributed by atoms with van der Waals surface area (Å²) in [4.78, 5) is 37.0. The van der Waals surface area contributed by atoms with Crippen molar-refractivity contribution in [2.45, 2.75) is 6.92 Å². The van der Waals surface area contributed by atoms with E-state index >= 15 is 0 Å². The van der Waals surface area contributed by atoms with Crippen molar-refractivity contribution in [3.63, 3.8) is 0 Å². The van der Waals surface area contributed by atoms with Gasteiger partial charge in [-0.3, -0.25) is 19.7 Å². The lowest BCUT2D eigenvalue weighted by molar-refractivity contribution is -0.384. The number of hydrogen-bond donors (Lipinski definition) is 0. The standard InChI is InChI=1S/C21H14N2O4/c1-13-12-14(23(26)27)10-11-19(13)22-20(24)17-8-4-2-6-15(17)16-7-3-5-9-18(16)21(22)25/h2-12H,1H3. The highest BCUT2D eigenvalue weighted by Gasteiger charge is 2.15. The van der Waals surface area contributed by atoms with E-state index in [4.69, 9.17) is 0 Å². The van der Waals surface area contributed by atoms with Crippen molar-refractivity contribution in [2.24, 2.45) is 0 Å². The molecular formula is C21H14N2O4. The van der Waals surface area contributed by atoms with E-state index in [0.29, 0.717) is 32.8 Å². The lowest BCUT2D eigenvalue weighted by atomic mass is 10.1. The molecule has 0 atom stereocenters. The van der Waals surface area contributed by atoms with Crippen LogP contribution in [0.1, 0.15) is 5.56 Å². The van der Waals surface area contributed by atoms with Gasteiger partial charge in [0.15, 0.2) is 0 Å². The van der Waals surface area contributed by atoms with Crippen LogP contribution in [0.15, 0.2) is 76.3 Å². The average molecular weight is 358 g/mol. The molecule has 0 saturated carbocycles. The molecule has 4 aromatic rings. The van der Waals surface area contributed by atoms with Crippen molar-refractivity contribution in [1.29, 1.82) is 0 Å². The minimum atomic E-state index is -0.506. The van der Waals surface area contributed by atoms with Gasteiger partial charge in [-0.1, -0.05) is 36.4 Å². The Bertz CT molecular complexity index is 1280. The summed E-state index contributed by atoms with van der Waals surface area (Å²) in [6.07, 6.45) is 0. The topological polar surface area (TPSA) is 82.2 Å². The first-order chi connectivity index (χ1) is 13.0. The maximum Gasteiger partial charge on any atom is 0.269 e. The monoisotopic (exact) mass is 358 g/mol. The van der Waals surface area contributed by atoms with Gasteiger partial charge in [0.1, 0.15) is 0 Å². The number of nitro benzene ring substituents is 1. The van der Waals surface area contributed by atoms with E-state index in [9.17, 15) is 19.7 Å². The first-order valence-corrected chi connectivity index (χ1v) is 8.31. The van der Waals surface area contributed by atoms with Crippen LogP contribution in [0.5, 0.6) is 0 Å². The Balaban J connectivity index is 2.24. The summed E-state index contributed by atoms with van der Waals surface area (Å²) in [6.45, 7) is 1.64. The van der Waals surface area contributed by atoms with Crippen LogP contribution in [0, 0.1) is 17.0 Å². The van der Waals surface area contributed by atoms with Crippen molar-refractivity contribution in [1.82, 2.24) is 4.57 Å². The maximum absolute atomic E-state index is 13.3. The molecule has 0 fully saturated rings. The van der Waals surface area contributed by atoms with Crippen LogP contribution in [-0.2, 0) is 0 Å². The molecule has 0 spiro atoms. The van der Waals surface area contributed by atoms with E-state index in [1.807, 2.05) is 24.3 Å². The normalized spacial score (nSPS) is 11.0. The quantitative estimate of drug-likeness (QED) is 0.404. The van der Waals surface area contributed by atoms with Gasteiger partial charge in [0, 0.05) is 22.9 Å². The molecule has 0 radical (unpaired) electrons. The molecule has 0 aliphatic carbocycles. The molecular weight excluding hydrogens is 344 g/mol. The molecule has 3 aromatic carbocycles. The second-order valence-electron chi connectivity index (χ2n) is 6.26. The second kappa shape index (κ2) is 6.17. The van der Waals surface area contributed by atoms with E-state index in [1.165, 1.54) is 18.2 Å². The van der Waals surface area contributed by atoms with Gasteiger partial charge < -0.3 is 0 Å². The zero-order chi connectivity index (χ0) is 19.1. The molecule has 1 aromatic heterocycles. The number of aromatic nitrogens is 1. The number of hydrogen-bond acceptors (Lipinski definition) is 4. The van der Waals surface area contributed by atoms with Crippen LogP contribution in [0.4, 0.5) is 5.69 Å². The van der Waals surface area contributed by atoms with Gasteiger partial charge in [0.25, 0.3) is 16.8 Å². The molecule has 132 valence electrons. The Labute approximate surface area is 153 Å². The number of aryl methyl sites for hydroxylation is 1. The predicted molar refractivity (Wildman–Crippen MR) is 105 cm³/mol. The fourth-order valence-electron chi connectivity index (χ4n) is 3.36. The van der Waals surface area contributed by atoms with E-state index in [1.54, 1.807) is 31.2 Å². The minimum absolute atomic E-state index is 0.0910. The fourth-order valence-corrected chi connectivity index (χ4v) is 3.36. The SMILES string of the molecule is Cc1cc([N+](=O)[O-])ccc1-n1c(=O)c2ccccc2c2ccccc2c1=O. The third-order valence-corrected chi connectivity index (χ3v) is 4.64. The first kappa shape index (κ1) is 16.7. The Kier molecular flexibility index (Phi) is 3.81. The molecule has 0 bridgehead atoms. The summed E-state index contributed by atoms with van der Waals surface area (Å²) in [5, 5.41) is 13.2. The van der Waals surface area contributed by atoms with Crippen LogP contribution in [-0.4, -0.2) is 9.49 Å². The highest BCUT2D eigenvalue weighted by atomic mass is 16.6. The minimum Gasteiger partial charge on any atom is -0.268 e. The van der Waals surface area contributed by atoms with Gasteiger partial charge in [-0.15, -0.1) is 0 Å². The molecule has 1 heterocycles. The molecule has 0 N–H and O–H groups in total. The smallest absolute Gasteiger partial charge is 0.268 e. The highest BCUT2D eigenvalue weighted by Crippen LogP contribution is 2.22. The Hall–Kier alpha value is -3.80. The van der Waals surface area contributed by atoms with Crippen LogP contribution >= 0.6 is 0 Å². The molecule has 0 aliphatic rings. The van der Waals surface area contributed by atoms with Crippen LogP contribution in [0.3, 0.4) is 0 Å². The lowest BCUT2D eigenvalue weighted by Crippen LogP contribution is -2.29. The first-order valence-electron chi connectivity index (χ1n) is 8.31. The Morgan fingerprint density at radius 2 is 1.26 bits per heavy atom. The summed E-state index contributed by atoms with van der Waals surface area (Å²) in [6, 6.07) is 18.2.